The van der Waals surface area contributed by atoms with Crippen LogP contribution in [0.1, 0.15) is 25.5 Å². The van der Waals surface area contributed by atoms with Crippen LogP contribution in [-0.2, 0) is 0 Å². The van der Waals surface area contributed by atoms with E-state index in [4.69, 9.17) is 5.26 Å². The van der Waals surface area contributed by atoms with Gasteiger partial charge in [0.15, 0.2) is 0 Å². The van der Waals surface area contributed by atoms with E-state index < -0.39 is 11.5 Å². The molecule has 0 saturated heterocycles. The van der Waals surface area contributed by atoms with Gasteiger partial charge in [0, 0.05) is 0 Å². The van der Waals surface area contributed by atoms with Crippen molar-refractivity contribution in [1.29, 1.82) is 5.26 Å². The van der Waals surface area contributed by atoms with Crippen LogP contribution in [0.2, 0.25) is 0 Å². The summed E-state index contributed by atoms with van der Waals surface area (Å²) < 4.78 is 0. The Labute approximate surface area is 114 Å². The average Bonchev–Trinajstić information content (AvgIpc) is 2.47. The third-order valence-corrected chi connectivity index (χ3v) is 3.31. The highest BCUT2D eigenvalue weighted by Gasteiger charge is 2.28. The van der Waals surface area contributed by atoms with Gasteiger partial charge in [-0.2, -0.15) is 5.26 Å². The second-order valence-corrected chi connectivity index (χ2v) is 5.22. The van der Waals surface area contributed by atoms with Crippen LogP contribution in [0.4, 0.5) is 0 Å². The molecule has 1 unspecified atom stereocenters. The Bertz CT molecular complexity index is 579. The van der Waals surface area contributed by atoms with E-state index >= 15 is 0 Å². The molecular formula is C17H17NO. The lowest BCUT2D eigenvalue weighted by Crippen LogP contribution is -2.19. The molecule has 0 saturated carbocycles. The van der Waals surface area contributed by atoms with Gasteiger partial charge in [-0.15, -0.1) is 0 Å². The lowest BCUT2D eigenvalue weighted by molar-refractivity contribution is 0.0868. The molecule has 96 valence electrons. The molecule has 2 nitrogen and oxygen atoms in total. The molecule has 2 rings (SSSR count). The van der Waals surface area contributed by atoms with Crippen molar-refractivity contribution in [2.75, 3.05) is 0 Å². The summed E-state index contributed by atoms with van der Waals surface area (Å²) >= 11 is 0. The lowest BCUT2D eigenvalue weighted by Gasteiger charge is -2.23. The molecule has 1 atom stereocenters. The second kappa shape index (κ2) is 5.26. The number of rotatable bonds is 3. The van der Waals surface area contributed by atoms with E-state index in [0.29, 0.717) is 0 Å². The summed E-state index contributed by atoms with van der Waals surface area (Å²) in [6, 6.07) is 19.9. The highest BCUT2D eigenvalue weighted by Crippen LogP contribution is 2.33. The summed E-state index contributed by atoms with van der Waals surface area (Å²) in [7, 11) is 0. The van der Waals surface area contributed by atoms with Crippen molar-refractivity contribution >= 4 is 0 Å². The molecule has 1 N–H and O–H groups in total. The molecule has 0 fully saturated rings. The first kappa shape index (κ1) is 13.3. The Balaban J connectivity index is 2.27. The minimum Gasteiger partial charge on any atom is -0.387 e. The summed E-state index contributed by atoms with van der Waals surface area (Å²) in [5, 5.41) is 19.2. The van der Waals surface area contributed by atoms with E-state index in [9.17, 15) is 5.11 Å². The Morgan fingerprint density at radius 1 is 0.947 bits per heavy atom. The fraction of sp³-hybridized carbons (Fsp3) is 0.235. The Kier molecular flexibility index (Phi) is 3.69. The van der Waals surface area contributed by atoms with Crippen molar-refractivity contribution in [2.24, 2.45) is 5.41 Å². The second-order valence-electron chi connectivity index (χ2n) is 5.22. The van der Waals surface area contributed by atoms with Gasteiger partial charge in [0.1, 0.15) is 0 Å². The van der Waals surface area contributed by atoms with Gasteiger partial charge < -0.3 is 5.11 Å². The number of hydrogen-bond acceptors (Lipinski definition) is 2. The monoisotopic (exact) mass is 251 g/mol. The molecule has 2 aromatic carbocycles. The largest absolute Gasteiger partial charge is 0.387 e. The zero-order chi connectivity index (χ0) is 13.9. The maximum Gasteiger partial charge on any atom is 0.0970 e. The summed E-state index contributed by atoms with van der Waals surface area (Å²) in [5.41, 5.74) is 2.23. The van der Waals surface area contributed by atoms with Gasteiger partial charge >= 0.3 is 0 Å². The maximum absolute atomic E-state index is 10.2. The van der Waals surface area contributed by atoms with Crippen LogP contribution in [0.5, 0.6) is 0 Å². The molecule has 0 radical (unpaired) electrons. The first-order valence-electron chi connectivity index (χ1n) is 6.29. The molecule has 0 aliphatic carbocycles. The number of nitriles is 1. The minimum absolute atomic E-state index is 0.770. The standard InChI is InChI=1S/C17H17NO/c1-17(2,12-18)16(19)15-10-8-14(9-11-15)13-6-4-3-5-7-13/h3-11,16,19H,1-2H3. The Morgan fingerprint density at radius 3 is 2.00 bits per heavy atom. The molecule has 0 heterocycles. The zero-order valence-electron chi connectivity index (χ0n) is 11.2. The molecule has 0 bridgehead atoms. The van der Waals surface area contributed by atoms with Crippen LogP contribution in [0.25, 0.3) is 11.1 Å². The predicted molar refractivity (Wildman–Crippen MR) is 76.2 cm³/mol. The maximum atomic E-state index is 10.2. The fourth-order valence-electron chi connectivity index (χ4n) is 1.97. The highest BCUT2D eigenvalue weighted by molar-refractivity contribution is 5.63. The van der Waals surface area contributed by atoms with E-state index in [1.165, 1.54) is 0 Å². The van der Waals surface area contributed by atoms with Crippen molar-refractivity contribution in [3.63, 3.8) is 0 Å². The van der Waals surface area contributed by atoms with Crippen LogP contribution in [-0.4, -0.2) is 5.11 Å². The van der Waals surface area contributed by atoms with Crippen LogP contribution in [0.15, 0.2) is 54.6 Å². The van der Waals surface area contributed by atoms with Gasteiger partial charge in [0.2, 0.25) is 0 Å². The third kappa shape index (κ3) is 2.83. The number of aliphatic hydroxyl groups excluding tert-OH is 1. The predicted octanol–water partition coefficient (Wildman–Crippen LogP) is 3.94. The number of benzene rings is 2. The van der Waals surface area contributed by atoms with Crippen molar-refractivity contribution in [1.82, 2.24) is 0 Å². The van der Waals surface area contributed by atoms with E-state index in [2.05, 4.69) is 6.07 Å². The van der Waals surface area contributed by atoms with Gasteiger partial charge in [-0.1, -0.05) is 54.6 Å². The molecule has 0 amide bonds. The summed E-state index contributed by atoms with van der Waals surface area (Å²) in [6.07, 6.45) is -0.776. The molecule has 0 aliphatic rings. The van der Waals surface area contributed by atoms with Crippen LogP contribution in [0.3, 0.4) is 0 Å². The van der Waals surface area contributed by atoms with E-state index in [0.717, 1.165) is 16.7 Å². The number of aliphatic hydroxyl groups is 1. The zero-order valence-corrected chi connectivity index (χ0v) is 11.2. The molecule has 2 heteroatoms. The minimum atomic E-state index is -0.783. The van der Waals surface area contributed by atoms with Gasteiger partial charge in [0.25, 0.3) is 0 Å². The van der Waals surface area contributed by atoms with Gasteiger partial charge in [-0.3, -0.25) is 0 Å². The fourth-order valence-corrected chi connectivity index (χ4v) is 1.97. The first-order valence-corrected chi connectivity index (χ1v) is 6.29. The highest BCUT2D eigenvalue weighted by atomic mass is 16.3. The molecule has 19 heavy (non-hydrogen) atoms. The SMILES string of the molecule is CC(C)(C#N)C(O)c1ccc(-c2ccccc2)cc1. The third-order valence-electron chi connectivity index (χ3n) is 3.31. The number of hydrogen-bond donors (Lipinski definition) is 1. The normalized spacial score (nSPS) is 12.7. The van der Waals surface area contributed by atoms with Crippen LogP contribution < -0.4 is 0 Å². The van der Waals surface area contributed by atoms with Crippen molar-refractivity contribution in [3.8, 4) is 17.2 Å². The molecule has 0 spiro atoms. The van der Waals surface area contributed by atoms with Crippen molar-refractivity contribution in [3.05, 3.63) is 60.2 Å². The Hall–Kier alpha value is -2.11. The molecule has 0 aromatic heterocycles. The molecule has 0 aliphatic heterocycles. The van der Waals surface area contributed by atoms with E-state index in [1.807, 2.05) is 54.6 Å². The molecule has 2 aromatic rings. The smallest absolute Gasteiger partial charge is 0.0970 e. The van der Waals surface area contributed by atoms with Crippen molar-refractivity contribution < 1.29 is 5.11 Å². The van der Waals surface area contributed by atoms with E-state index in [1.54, 1.807) is 13.8 Å². The topological polar surface area (TPSA) is 44.0 Å². The van der Waals surface area contributed by atoms with Gasteiger partial charge in [-0.25, -0.2) is 0 Å². The van der Waals surface area contributed by atoms with Crippen molar-refractivity contribution in [2.45, 2.75) is 20.0 Å². The van der Waals surface area contributed by atoms with Crippen LogP contribution in [0, 0.1) is 16.7 Å². The van der Waals surface area contributed by atoms with Crippen LogP contribution >= 0.6 is 0 Å². The first-order chi connectivity index (χ1) is 9.04. The summed E-state index contributed by atoms with van der Waals surface area (Å²) in [4.78, 5) is 0. The average molecular weight is 251 g/mol. The summed E-state index contributed by atoms with van der Waals surface area (Å²) in [5.74, 6) is 0. The summed E-state index contributed by atoms with van der Waals surface area (Å²) in [6.45, 7) is 3.48. The Morgan fingerprint density at radius 2 is 1.47 bits per heavy atom. The van der Waals surface area contributed by atoms with E-state index in [-0.39, 0.29) is 0 Å². The van der Waals surface area contributed by atoms with Gasteiger partial charge in [-0.05, 0) is 30.5 Å². The number of nitrogens with zero attached hydrogens (tertiary/aromatic N) is 1. The lowest BCUT2D eigenvalue weighted by atomic mass is 9.84. The molecular weight excluding hydrogens is 234 g/mol. The van der Waals surface area contributed by atoms with Gasteiger partial charge in [0.05, 0.1) is 17.6 Å². The quantitative estimate of drug-likeness (QED) is 0.898.